The predicted molar refractivity (Wildman–Crippen MR) is 51.2 cm³/mol. The highest BCUT2D eigenvalue weighted by atomic mass is 31.2. The minimum Gasteiger partial charge on any atom is -0.807 e. The Balaban J connectivity index is 2.69. The first-order chi connectivity index (χ1) is 6.57. The van der Waals surface area contributed by atoms with Gasteiger partial charge in [0.2, 0.25) is 0 Å². The second-order valence-electron chi connectivity index (χ2n) is 3.03. The van der Waals surface area contributed by atoms with E-state index >= 15 is 0 Å². The minimum atomic E-state index is -4.62. The lowest BCUT2D eigenvalue weighted by Gasteiger charge is -2.29. The molecular formula is C10H7O3P-2. The van der Waals surface area contributed by atoms with Crippen LogP contribution in [-0.4, -0.2) is 0 Å². The molecule has 0 amide bonds. The molecule has 0 aliphatic heterocycles. The molecule has 0 radical (unpaired) electrons. The highest BCUT2D eigenvalue weighted by Gasteiger charge is 1.98. The molecule has 0 saturated carbocycles. The second kappa shape index (κ2) is 3.21. The minimum absolute atomic E-state index is 0.156. The zero-order valence-corrected chi connectivity index (χ0v) is 8.11. The van der Waals surface area contributed by atoms with E-state index in [0.29, 0.717) is 0 Å². The number of hydrogen-bond acceptors (Lipinski definition) is 3. The molecule has 3 nitrogen and oxygen atoms in total. The van der Waals surface area contributed by atoms with Gasteiger partial charge in [-0.3, -0.25) is 0 Å². The number of hydrogen-bond donors (Lipinski definition) is 0. The first-order valence-corrected chi connectivity index (χ1v) is 5.63. The monoisotopic (exact) mass is 206 g/mol. The van der Waals surface area contributed by atoms with Crippen molar-refractivity contribution in [3.8, 4) is 0 Å². The van der Waals surface area contributed by atoms with Crippen molar-refractivity contribution < 1.29 is 14.4 Å². The summed E-state index contributed by atoms with van der Waals surface area (Å²) in [5, 5.41) is 1.53. The molecule has 0 aromatic heterocycles. The first-order valence-electron chi connectivity index (χ1n) is 4.09. The van der Waals surface area contributed by atoms with Crippen LogP contribution in [0, 0.1) is 0 Å². The summed E-state index contributed by atoms with van der Waals surface area (Å²) in [6, 6.07) is 11.7. The van der Waals surface area contributed by atoms with Gasteiger partial charge in [0.25, 0.3) is 0 Å². The number of rotatable bonds is 1. The fourth-order valence-corrected chi connectivity index (χ4v) is 1.90. The van der Waals surface area contributed by atoms with Gasteiger partial charge in [-0.05, 0) is 29.7 Å². The molecular weight excluding hydrogens is 199 g/mol. The van der Waals surface area contributed by atoms with Crippen molar-refractivity contribution in [3.05, 3.63) is 42.5 Å². The lowest BCUT2D eigenvalue weighted by Crippen LogP contribution is -2.24. The van der Waals surface area contributed by atoms with Crippen molar-refractivity contribution in [1.29, 1.82) is 0 Å². The maximum absolute atomic E-state index is 10.7. The quantitative estimate of drug-likeness (QED) is 0.633. The highest BCUT2D eigenvalue weighted by molar-refractivity contribution is 7.57. The smallest absolute Gasteiger partial charge is 0.0150 e. The molecule has 0 unspecified atom stereocenters. The summed E-state index contributed by atoms with van der Waals surface area (Å²) in [5.41, 5.74) is 0. The van der Waals surface area contributed by atoms with Crippen LogP contribution >= 0.6 is 7.60 Å². The maximum Gasteiger partial charge on any atom is -0.0150 e. The molecule has 0 bridgehead atoms. The molecule has 14 heavy (non-hydrogen) atoms. The molecule has 4 heteroatoms. The van der Waals surface area contributed by atoms with Gasteiger partial charge in [0.05, 0.1) is 0 Å². The van der Waals surface area contributed by atoms with E-state index < -0.39 is 7.60 Å². The average molecular weight is 206 g/mol. The van der Waals surface area contributed by atoms with Crippen LogP contribution < -0.4 is 15.1 Å². The van der Waals surface area contributed by atoms with E-state index in [9.17, 15) is 14.4 Å². The summed E-state index contributed by atoms with van der Waals surface area (Å²) < 4.78 is 10.7. The molecule has 2 rings (SSSR count). The van der Waals surface area contributed by atoms with Gasteiger partial charge in [0, 0.05) is 0 Å². The van der Waals surface area contributed by atoms with E-state index in [-0.39, 0.29) is 5.30 Å². The molecule has 0 spiro atoms. The summed E-state index contributed by atoms with van der Waals surface area (Å²) in [7, 11) is -4.62. The Hall–Kier alpha value is -1.15. The lowest BCUT2D eigenvalue weighted by molar-refractivity contribution is -0.307. The average Bonchev–Trinajstić information content (AvgIpc) is 2.16. The largest absolute Gasteiger partial charge is 0.807 e. The molecule has 0 fully saturated rings. The molecule has 0 saturated heterocycles. The van der Waals surface area contributed by atoms with Crippen molar-refractivity contribution >= 4 is 23.7 Å². The van der Waals surface area contributed by atoms with E-state index in [4.69, 9.17) is 0 Å². The summed E-state index contributed by atoms with van der Waals surface area (Å²) in [5.74, 6) is 0. The molecule has 72 valence electrons. The summed E-state index contributed by atoms with van der Waals surface area (Å²) >= 11 is 0. The number of fused-ring (bicyclic) bond motifs is 1. The van der Waals surface area contributed by atoms with Crippen molar-refractivity contribution in [2.45, 2.75) is 0 Å². The standard InChI is InChI=1S/C10H9O3P/c11-14(12,13)10-6-5-8-3-1-2-4-9(8)7-10/h1-7H,(H2,11,12,13)/p-2. The van der Waals surface area contributed by atoms with Crippen LogP contribution in [0.3, 0.4) is 0 Å². The van der Waals surface area contributed by atoms with Gasteiger partial charge in [-0.2, -0.15) is 0 Å². The van der Waals surface area contributed by atoms with Gasteiger partial charge in [-0.15, -0.1) is 0 Å². The van der Waals surface area contributed by atoms with Crippen LogP contribution in [0.25, 0.3) is 10.8 Å². The number of benzene rings is 2. The van der Waals surface area contributed by atoms with E-state index in [2.05, 4.69) is 0 Å². The van der Waals surface area contributed by atoms with Crippen LogP contribution in [0.5, 0.6) is 0 Å². The third-order valence-electron chi connectivity index (χ3n) is 2.05. The van der Waals surface area contributed by atoms with E-state index in [1.807, 2.05) is 12.1 Å². The SMILES string of the molecule is O=P([O-])([O-])c1ccc2ccccc2c1. The van der Waals surface area contributed by atoms with Crippen LogP contribution in [0.2, 0.25) is 0 Å². The van der Waals surface area contributed by atoms with E-state index in [1.165, 1.54) is 12.1 Å². The van der Waals surface area contributed by atoms with Gasteiger partial charge in [0.1, 0.15) is 0 Å². The molecule has 0 N–H and O–H groups in total. The molecule has 0 aliphatic carbocycles. The van der Waals surface area contributed by atoms with Crippen molar-refractivity contribution in [1.82, 2.24) is 0 Å². The zero-order valence-electron chi connectivity index (χ0n) is 7.21. The fraction of sp³-hybridized carbons (Fsp3) is 0. The molecule has 2 aromatic carbocycles. The van der Waals surface area contributed by atoms with Gasteiger partial charge in [0.15, 0.2) is 0 Å². The van der Waals surface area contributed by atoms with Crippen LogP contribution in [-0.2, 0) is 4.57 Å². The lowest BCUT2D eigenvalue weighted by atomic mass is 10.1. The molecule has 0 heterocycles. The fourth-order valence-electron chi connectivity index (χ4n) is 1.35. The van der Waals surface area contributed by atoms with Crippen LogP contribution in [0.15, 0.2) is 42.5 Å². The summed E-state index contributed by atoms with van der Waals surface area (Å²) in [6.07, 6.45) is 0. The topological polar surface area (TPSA) is 63.2 Å². The molecule has 0 aliphatic rings. The predicted octanol–water partition coefficient (Wildman–Crippen LogP) is 0.379. The van der Waals surface area contributed by atoms with Gasteiger partial charge < -0.3 is 14.4 Å². The Kier molecular flexibility index (Phi) is 2.16. The first kappa shape index (κ1) is 9.41. The Bertz CT molecular complexity index is 516. The van der Waals surface area contributed by atoms with E-state index in [1.54, 1.807) is 18.2 Å². The van der Waals surface area contributed by atoms with Crippen molar-refractivity contribution in [2.24, 2.45) is 0 Å². The third-order valence-corrected chi connectivity index (χ3v) is 2.96. The van der Waals surface area contributed by atoms with Crippen molar-refractivity contribution in [3.63, 3.8) is 0 Å². The van der Waals surface area contributed by atoms with Gasteiger partial charge >= 0.3 is 0 Å². The Morgan fingerprint density at radius 2 is 1.57 bits per heavy atom. The Morgan fingerprint density at radius 3 is 2.21 bits per heavy atom. The summed E-state index contributed by atoms with van der Waals surface area (Å²) in [4.78, 5) is 21.5. The molecule has 2 aromatic rings. The van der Waals surface area contributed by atoms with Gasteiger partial charge in [-0.1, -0.05) is 36.4 Å². The third kappa shape index (κ3) is 1.70. The van der Waals surface area contributed by atoms with Crippen LogP contribution in [0.4, 0.5) is 0 Å². The van der Waals surface area contributed by atoms with Crippen LogP contribution in [0.1, 0.15) is 0 Å². The summed E-state index contributed by atoms with van der Waals surface area (Å²) in [6.45, 7) is 0. The second-order valence-corrected chi connectivity index (χ2v) is 4.54. The normalized spacial score (nSPS) is 11.9. The Labute approximate surface area is 81.2 Å². The van der Waals surface area contributed by atoms with Crippen molar-refractivity contribution in [2.75, 3.05) is 0 Å². The van der Waals surface area contributed by atoms with E-state index in [0.717, 1.165) is 10.8 Å². The highest BCUT2D eigenvalue weighted by Crippen LogP contribution is 2.24. The zero-order chi connectivity index (χ0) is 10.2. The molecule has 0 atom stereocenters. The maximum atomic E-state index is 10.7. The van der Waals surface area contributed by atoms with Gasteiger partial charge in [-0.25, -0.2) is 0 Å². The Morgan fingerprint density at radius 1 is 0.929 bits per heavy atom.